The molecule has 22 heavy (non-hydrogen) atoms. The van der Waals surface area contributed by atoms with Crippen LogP contribution in [-0.4, -0.2) is 81.8 Å². The van der Waals surface area contributed by atoms with Gasteiger partial charge in [-0.3, -0.25) is 14.2 Å². The number of hydrogen-bond donors (Lipinski definition) is 1. The quantitative estimate of drug-likeness (QED) is 0.768. The highest BCUT2D eigenvalue weighted by molar-refractivity contribution is 5.30. The molecule has 0 amide bonds. The predicted molar refractivity (Wildman–Crippen MR) is 82.6 cm³/mol. The molecular weight excluding hydrogens is 282 g/mol. The van der Waals surface area contributed by atoms with Gasteiger partial charge >= 0.3 is 0 Å². The zero-order chi connectivity index (χ0) is 15.2. The fourth-order valence-electron chi connectivity index (χ4n) is 2.74. The maximum atomic E-state index is 9.31. The van der Waals surface area contributed by atoms with E-state index in [4.69, 9.17) is 4.74 Å². The van der Waals surface area contributed by atoms with Crippen molar-refractivity contribution in [2.24, 2.45) is 0 Å². The Morgan fingerprint density at radius 2 is 2.09 bits per heavy atom. The summed E-state index contributed by atoms with van der Waals surface area (Å²) in [5, 5.41) is 9.31. The second-order valence-electron chi connectivity index (χ2n) is 5.49. The molecule has 7 nitrogen and oxygen atoms in total. The van der Waals surface area contributed by atoms with Crippen LogP contribution in [0.25, 0.3) is 5.78 Å². The first-order valence-electron chi connectivity index (χ1n) is 7.77. The monoisotopic (exact) mass is 305 g/mol. The average molecular weight is 305 g/mol. The van der Waals surface area contributed by atoms with Crippen molar-refractivity contribution < 1.29 is 9.84 Å². The largest absolute Gasteiger partial charge is 0.395 e. The summed E-state index contributed by atoms with van der Waals surface area (Å²) in [6, 6.07) is 1.91. The zero-order valence-electron chi connectivity index (χ0n) is 12.8. The highest BCUT2D eigenvalue weighted by atomic mass is 16.5. The Kier molecular flexibility index (Phi) is 5.33. The van der Waals surface area contributed by atoms with E-state index in [1.54, 1.807) is 6.20 Å². The summed E-state index contributed by atoms with van der Waals surface area (Å²) in [6.45, 7) is 7.14. The minimum atomic E-state index is 0.165. The number of nitrogens with zero attached hydrogens (tertiary/aromatic N) is 5. The average Bonchev–Trinajstić information content (AvgIpc) is 2.97. The van der Waals surface area contributed by atoms with Crippen molar-refractivity contribution in [3.8, 4) is 0 Å². The maximum Gasteiger partial charge on any atom is 0.233 e. The molecule has 7 heteroatoms. The normalized spacial score (nSPS) is 16.6. The molecule has 0 unspecified atom stereocenters. The summed E-state index contributed by atoms with van der Waals surface area (Å²) >= 11 is 0. The third-order valence-corrected chi connectivity index (χ3v) is 4.00. The first kappa shape index (κ1) is 15.4. The van der Waals surface area contributed by atoms with Crippen LogP contribution in [0.2, 0.25) is 0 Å². The summed E-state index contributed by atoms with van der Waals surface area (Å²) in [7, 11) is 0. The van der Waals surface area contributed by atoms with Gasteiger partial charge in [0.2, 0.25) is 5.78 Å². The minimum absolute atomic E-state index is 0.165. The second-order valence-corrected chi connectivity index (χ2v) is 5.49. The van der Waals surface area contributed by atoms with E-state index in [0.717, 1.165) is 57.4 Å². The van der Waals surface area contributed by atoms with Crippen molar-refractivity contribution in [2.45, 2.75) is 6.54 Å². The van der Waals surface area contributed by atoms with Crippen molar-refractivity contribution in [2.75, 3.05) is 52.5 Å². The van der Waals surface area contributed by atoms with E-state index in [-0.39, 0.29) is 6.61 Å². The Morgan fingerprint density at radius 3 is 2.91 bits per heavy atom. The van der Waals surface area contributed by atoms with Crippen LogP contribution >= 0.6 is 0 Å². The molecule has 0 bridgehead atoms. The van der Waals surface area contributed by atoms with E-state index < -0.39 is 0 Å². The van der Waals surface area contributed by atoms with Gasteiger partial charge in [-0.2, -0.15) is 0 Å². The third kappa shape index (κ3) is 3.80. The molecule has 1 saturated heterocycles. The van der Waals surface area contributed by atoms with E-state index in [9.17, 15) is 5.11 Å². The predicted octanol–water partition coefficient (Wildman–Crippen LogP) is -0.144. The first-order chi connectivity index (χ1) is 10.9. The smallest absolute Gasteiger partial charge is 0.233 e. The Labute approximate surface area is 130 Å². The standard InChI is InChI=1S/C15H23N5O2/c21-9-6-19(5-4-18-7-10-22-11-8-18)13-14-12-17-15-16-2-1-3-20(14)15/h1-3,12,21H,4-11,13H2. The van der Waals surface area contributed by atoms with Crippen LogP contribution in [0.5, 0.6) is 0 Å². The number of morpholine rings is 1. The van der Waals surface area contributed by atoms with Crippen LogP contribution in [0.4, 0.5) is 0 Å². The molecule has 3 rings (SSSR count). The van der Waals surface area contributed by atoms with Gasteiger partial charge in [0.1, 0.15) is 0 Å². The van der Waals surface area contributed by atoms with E-state index in [1.807, 2.05) is 22.9 Å². The van der Waals surface area contributed by atoms with Gasteiger partial charge in [0.15, 0.2) is 0 Å². The van der Waals surface area contributed by atoms with E-state index in [0.29, 0.717) is 6.54 Å². The second kappa shape index (κ2) is 7.64. The van der Waals surface area contributed by atoms with Gasteiger partial charge in [-0.1, -0.05) is 0 Å². The number of aromatic nitrogens is 3. The number of hydrogen-bond acceptors (Lipinski definition) is 6. The van der Waals surface area contributed by atoms with Crippen molar-refractivity contribution in [3.05, 3.63) is 30.4 Å². The number of imidazole rings is 1. The fraction of sp³-hybridized carbons (Fsp3) is 0.600. The van der Waals surface area contributed by atoms with Crippen molar-refractivity contribution in [1.29, 1.82) is 0 Å². The lowest BCUT2D eigenvalue weighted by Crippen LogP contribution is -2.42. The molecule has 1 aliphatic heterocycles. The van der Waals surface area contributed by atoms with E-state index in [2.05, 4.69) is 19.8 Å². The minimum Gasteiger partial charge on any atom is -0.395 e. The zero-order valence-corrected chi connectivity index (χ0v) is 12.8. The Hall–Kier alpha value is -1.54. The van der Waals surface area contributed by atoms with Crippen LogP contribution in [0.3, 0.4) is 0 Å². The van der Waals surface area contributed by atoms with Crippen molar-refractivity contribution >= 4 is 5.78 Å². The van der Waals surface area contributed by atoms with Gasteiger partial charge < -0.3 is 9.84 Å². The van der Waals surface area contributed by atoms with E-state index in [1.165, 1.54) is 0 Å². The molecule has 2 aromatic rings. The van der Waals surface area contributed by atoms with Gasteiger partial charge in [-0.25, -0.2) is 9.97 Å². The van der Waals surface area contributed by atoms with Crippen molar-refractivity contribution in [3.63, 3.8) is 0 Å². The number of aliphatic hydroxyl groups is 1. The maximum absolute atomic E-state index is 9.31. The van der Waals surface area contributed by atoms with E-state index >= 15 is 0 Å². The molecule has 0 aromatic carbocycles. The lowest BCUT2D eigenvalue weighted by atomic mass is 10.3. The molecule has 1 fully saturated rings. The molecule has 0 aliphatic carbocycles. The molecule has 0 atom stereocenters. The molecule has 1 aliphatic rings. The number of rotatable bonds is 7. The van der Waals surface area contributed by atoms with Crippen LogP contribution in [0, 0.1) is 0 Å². The van der Waals surface area contributed by atoms with Crippen molar-refractivity contribution in [1.82, 2.24) is 24.2 Å². The SMILES string of the molecule is OCCN(CCN1CCOCC1)Cc1cnc2ncccn12. The highest BCUT2D eigenvalue weighted by Gasteiger charge is 2.14. The summed E-state index contributed by atoms with van der Waals surface area (Å²) in [5.41, 5.74) is 1.10. The topological polar surface area (TPSA) is 66.1 Å². The molecule has 1 N–H and O–H groups in total. The number of aliphatic hydroxyl groups excluding tert-OH is 1. The molecule has 0 spiro atoms. The highest BCUT2D eigenvalue weighted by Crippen LogP contribution is 2.08. The first-order valence-corrected chi connectivity index (χ1v) is 7.77. The van der Waals surface area contributed by atoms with Gasteiger partial charge in [-0.05, 0) is 6.07 Å². The fourth-order valence-corrected chi connectivity index (χ4v) is 2.74. The molecule has 3 heterocycles. The number of fused-ring (bicyclic) bond motifs is 1. The molecule has 2 aromatic heterocycles. The molecule has 0 radical (unpaired) electrons. The van der Waals surface area contributed by atoms with Gasteiger partial charge in [0.25, 0.3) is 0 Å². The Balaban J connectivity index is 1.60. The lowest BCUT2D eigenvalue weighted by Gasteiger charge is -2.29. The van der Waals surface area contributed by atoms with Crippen LogP contribution in [-0.2, 0) is 11.3 Å². The lowest BCUT2D eigenvalue weighted by molar-refractivity contribution is 0.0319. The van der Waals surface area contributed by atoms with Crippen LogP contribution in [0.15, 0.2) is 24.7 Å². The third-order valence-electron chi connectivity index (χ3n) is 4.00. The van der Waals surface area contributed by atoms with Gasteiger partial charge in [0, 0.05) is 51.7 Å². The summed E-state index contributed by atoms with van der Waals surface area (Å²) in [5.74, 6) is 0.717. The molecule has 0 saturated carbocycles. The Morgan fingerprint density at radius 1 is 1.23 bits per heavy atom. The number of ether oxygens (including phenoxy) is 1. The Bertz CT molecular complexity index is 582. The van der Waals surface area contributed by atoms with Gasteiger partial charge in [0.05, 0.1) is 31.7 Å². The molecule has 120 valence electrons. The summed E-state index contributed by atoms with van der Waals surface area (Å²) in [4.78, 5) is 13.2. The summed E-state index contributed by atoms with van der Waals surface area (Å²) in [6.07, 6.45) is 5.58. The summed E-state index contributed by atoms with van der Waals surface area (Å²) < 4.78 is 7.37. The van der Waals surface area contributed by atoms with Crippen LogP contribution in [0.1, 0.15) is 5.69 Å². The molecular formula is C15H23N5O2. The van der Waals surface area contributed by atoms with Gasteiger partial charge in [-0.15, -0.1) is 0 Å². The van der Waals surface area contributed by atoms with Crippen LogP contribution < -0.4 is 0 Å².